The molecule has 1 N–H and O–H groups in total. The summed E-state index contributed by atoms with van der Waals surface area (Å²) in [6.07, 6.45) is 0.846. The van der Waals surface area contributed by atoms with Crippen LogP contribution in [0.15, 0.2) is 30.3 Å². The minimum Gasteiger partial charge on any atom is -0.382 e. The lowest BCUT2D eigenvalue weighted by molar-refractivity contribution is 0.144. The minimum absolute atomic E-state index is 0.0460. The SMILES string of the molecule is CCOCCCNC(=O)N(C)Cc1ccccc1. The fraction of sp³-hybridized carbons (Fsp3) is 0.500. The molecule has 0 unspecified atom stereocenters. The molecule has 1 aromatic rings. The number of ether oxygens (including phenoxy) is 1. The van der Waals surface area contributed by atoms with E-state index < -0.39 is 0 Å². The molecule has 0 aliphatic heterocycles. The second kappa shape index (κ2) is 8.53. The molecule has 0 spiro atoms. The molecule has 0 saturated heterocycles. The zero-order valence-electron chi connectivity index (χ0n) is 11.2. The normalized spacial score (nSPS) is 10.1. The third kappa shape index (κ3) is 5.68. The van der Waals surface area contributed by atoms with Crippen LogP contribution in [0.4, 0.5) is 4.79 Å². The molecule has 1 rings (SSSR count). The molecule has 18 heavy (non-hydrogen) atoms. The molecule has 2 amide bonds. The van der Waals surface area contributed by atoms with Gasteiger partial charge in [0, 0.05) is 33.4 Å². The highest BCUT2D eigenvalue weighted by molar-refractivity contribution is 5.73. The average molecular weight is 250 g/mol. The van der Waals surface area contributed by atoms with Crippen LogP contribution in [0.3, 0.4) is 0 Å². The molecule has 1 aromatic carbocycles. The van der Waals surface area contributed by atoms with E-state index in [-0.39, 0.29) is 6.03 Å². The number of nitrogens with zero attached hydrogens (tertiary/aromatic N) is 1. The Kier molecular flexibility index (Phi) is 6.87. The Hall–Kier alpha value is -1.55. The Bertz CT molecular complexity index is 341. The van der Waals surface area contributed by atoms with Crippen LogP contribution in [0.2, 0.25) is 0 Å². The Morgan fingerprint density at radius 3 is 2.72 bits per heavy atom. The molecule has 0 bridgehead atoms. The topological polar surface area (TPSA) is 41.6 Å². The zero-order valence-corrected chi connectivity index (χ0v) is 11.2. The summed E-state index contributed by atoms with van der Waals surface area (Å²) in [4.78, 5) is 13.4. The van der Waals surface area contributed by atoms with Crippen molar-refractivity contribution in [2.24, 2.45) is 0 Å². The number of hydrogen-bond acceptors (Lipinski definition) is 2. The van der Waals surface area contributed by atoms with Crippen molar-refractivity contribution in [2.45, 2.75) is 19.9 Å². The molecule has 0 saturated carbocycles. The van der Waals surface area contributed by atoms with Gasteiger partial charge in [-0.05, 0) is 18.9 Å². The number of carbonyl (C=O) groups is 1. The number of rotatable bonds is 7. The van der Waals surface area contributed by atoms with Gasteiger partial charge >= 0.3 is 6.03 Å². The molecular formula is C14H22N2O2. The lowest BCUT2D eigenvalue weighted by Gasteiger charge is -2.18. The third-order valence-electron chi connectivity index (χ3n) is 2.56. The van der Waals surface area contributed by atoms with E-state index in [9.17, 15) is 4.79 Å². The van der Waals surface area contributed by atoms with Gasteiger partial charge in [-0.25, -0.2) is 4.79 Å². The zero-order chi connectivity index (χ0) is 13.2. The highest BCUT2D eigenvalue weighted by Crippen LogP contribution is 2.02. The first-order chi connectivity index (χ1) is 8.74. The molecule has 4 heteroatoms. The molecule has 4 nitrogen and oxygen atoms in total. The van der Waals surface area contributed by atoms with Crippen LogP contribution in [0.25, 0.3) is 0 Å². The van der Waals surface area contributed by atoms with Crippen LogP contribution >= 0.6 is 0 Å². The fourth-order valence-electron chi connectivity index (χ4n) is 1.58. The molecule has 0 aliphatic rings. The van der Waals surface area contributed by atoms with Crippen molar-refractivity contribution >= 4 is 6.03 Å². The predicted octanol–water partition coefficient (Wildman–Crippen LogP) is 2.25. The summed E-state index contributed by atoms with van der Waals surface area (Å²) >= 11 is 0. The maximum atomic E-state index is 11.8. The van der Waals surface area contributed by atoms with E-state index in [1.165, 1.54) is 0 Å². The van der Waals surface area contributed by atoms with E-state index in [2.05, 4.69) is 5.32 Å². The summed E-state index contributed by atoms with van der Waals surface area (Å²) in [6.45, 7) is 4.66. The van der Waals surface area contributed by atoms with Crippen LogP contribution in [-0.2, 0) is 11.3 Å². The van der Waals surface area contributed by atoms with Gasteiger partial charge in [-0.15, -0.1) is 0 Å². The van der Waals surface area contributed by atoms with Crippen molar-refractivity contribution < 1.29 is 9.53 Å². The van der Waals surface area contributed by atoms with Crippen molar-refractivity contribution in [2.75, 3.05) is 26.8 Å². The summed E-state index contributed by atoms with van der Waals surface area (Å²) in [5.41, 5.74) is 1.13. The largest absolute Gasteiger partial charge is 0.382 e. The van der Waals surface area contributed by atoms with Crippen molar-refractivity contribution in [3.05, 3.63) is 35.9 Å². The van der Waals surface area contributed by atoms with Gasteiger partial charge in [0.2, 0.25) is 0 Å². The Labute approximate surface area is 109 Å². The first kappa shape index (κ1) is 14.5. The number of amides is 2. The summed E-state index contributed by atoms with van der Waals surface area (Å²) in [5, 5.41) is 2.87. The van der Waals surface area contributed by atoms with Crippen LogP contribution in [0, 0.1) is 0 Å². The van der Waals surface area contributed by atoms with E-state index in [4.69, 9.17) is 4.74 Å². The smallest absolute Gasteiger partial charge is 0.317 e. The highest BCUT2D eigenvalue weighted by atomic mass is 16.5. The van der Waals surface area contributed by atoms with Gasteiger partial charge in [0.05, 0.1) is 0 Å². The third-order valence-corrected chi connectivity index (χ3v) is 2.56. The van der Waals surface area contributed by atoms with Crippen molar-refractivity contribution in [1.29, 1.82) is 0 Å². The second-order valence-electron chi connectivity index (χ2n) is 4.12. The van der Waals surface area contributed by atoms with E-state index in [1.807, 2.05) is 37.3 Å². The number of nitrogens with one attached hydrogen (secondary N) is 1. The van der Waals surface area contributed by atoms with E-state index in [1.54, 1.807) is 11.9 Å². The van der Waals surface area contributed by atoms with Gasteiger partial charge in [0.15, 0.2) is 0 Å². The Morgan fingerprint density at radius 1 is 1.33 bits per heavy atom. The molecule has 100 valence electrons. The lowest BCUT2D eigenvalue weighted by atomic mass is 10.2. The monoisotopic (exact) mass is 250 g/mol. The average Bonchev–Trinajstić information content (AvgIpc) is 2.39. The molecule has 0 atom stereocenters. The summed E-state index contributed by atoms with van der Waals surface area (Å²) in [5.74, 6) is 0. The molecule has 0 aliphatic carbocycles. The van der Waals surface area contributed by atoms with Gasteiger partial charge in [0.25, 0.3) is 0 Å². The number of carbonyl (C=O) groups excluding carboxylic acids is 1. The summed E-state index contributed by atoms with van der Waals surface area (Å²) in [7, 11) is 1.80. The second-order valence-corrected chi connectivity index (χ2v) is 4.12. The van der Waals surface area contributed by atoms with E-state index >= 15 is 0 Å². The van der Waals surface area contributed by atoms with Crippen molar-refractivity contribution in [3.63, 3.8) is 0 Å². The van der Waals surface area contributed by atoms with Crippen LogP contribution < -0.4 is 5.32 Å². The predicted molar refractivity (Wildman–Crippen MR) is 72.4 cm³/mol. The maximum absolute atomic E-state index is 11.8. The Morgan fingerprint density at radius 2 is 2.06 bits per heavy atom. The first-order valence-corrected chi connectivity index (χ1v) is 6.34. The van der Waals surface area contributed by atoms with Crippen molar-refractivity contribution in [3.8, 4) is 0 Å². The standard InChI is InChI=1S/C14H22N2O2/c1-3-18-11-7-10-15-14(17)16(2)12-13-8-5-4-6-9-13/h4-6,8-9H,3,7,10-12H2,1-2H3,(H,15,17). The first-order valence-electron chi connectivity index (χ1n) is 6.34. The molecule has 0 heterocycles. The van der Waals surface area contributed by atoms with E-state index in [0.717, 1.165) is 18.6 Å². The number of hydrogen-bond donors (Lipinski definition) is 1. The van der Waals surface area contributed by atoms with Crippen LogP contribution in [-0.4, -0.2) is 37.7 Å². The molecule has 0 radical (unpaired) electrons. The fourth-order valence-corrected chi connectivity index (χ4v) is 1.58. The van der Waals surface area contributed by atoms with Crippen molar-refractivity contribution in [1.82, 2.24) is 10.2 Å². The maximum Gasteiger partial charge on any atom is 0.317 e. The Balaban J connectivity index is 2.21. The molecule has 0 aromatic heterocycles. The quantitative estimate of drug-likeness (QED) is 0.754. The summed E-state index contributed by atoms with van der Waals surface area (Å²) < 4.78 is 5.21. The van der Waals surface area contributed by atoms with Gasteiger partial charge in [-0.2, -0.15) is 0 Å². The van der Waals surface area contributed by atoms with Gasteiger partial charge in [-0.1, -0.05) is 30.3 Å². The molecule has 0 fully saturated rings. The van der Waals surface area contributed by atoms with Gasteiger partial charge in [0.1, 0.15) is 0 Å². The lowest BCUT2D eigenvalue weighted by Crippen LogP contribution is -2.37. The van der Waals surface area contributed by atoms with Gasteiger partial charge in [-0.3, -0.25) is 0 Å². The molecular weight excluding hydrogens is 228 g/mol. The number of urea groups is 1. The summed E-state index contributed by atoms with van der Waals surface area (Å²) in [6, 6.07) is 9.90. The highest BCUT2D eigenvalue weighted by Gasteiger charge is 2.07. The number of benzene rings is 1. The van der Waals surface area contributed by atoms with E-state index in [0.29, 0.717) is 19.7 Å². The van der Waals surface area contributed by atoms with Crippen LogP contribution in [0.5, 0.6) is 0 Å². The minimum atomic E-state index is -0.0460. The van der Waals surface area contributed by atoms with Gasteiger partial charge < -0.3 is 15.0 Å². The van der Waals surface area contributed by atoms with Crippen LogP contribution in [0.1, 0.15) is 18.9 Å².